The summed E-state index contributed by atoms with van der Waals surface area (Å²) in [5, 5.41) is 9.16. The third-order valence-electron chi connectivity index (χ3n) is 3.05. The zero-order chi connectivity index (χ0) is 12.4. The third-order valence-corrected chi connectivity index (χ3v) is 3.05. The Morgan fingerprint density at radius 2 is 1.94 bits per heavy atom. The van der Waals surface area contributed by atoms with E-state index >= 15 is 0 Å². The summed E-state index contributed by atoms with van der Waals surface area (Å²) in [6.45, 7) is 5.41. The average molecular weight is 235 g/mol. The Balaban J connectivity index is 2.30. The number of piperazine rings is 1. The minimum Gasteiger partial charge on any atom is -0.478 e. The second kappa shape index (κ2) is 4.71. The summed E-state index contributed by atoms with van der Waals surface area (Å²) in [6.07, 6.45) is 0. The number of aromatic carboxylic acids is 1. The van der Waals surface area contributed by atoms with Crippen LogP contribution in [0.5, 0.6) is 0 Å². The van der Waals surface area contributed by atoms with Gasteiger partial charge in [-0.15, -0.1) is 0 Å². The van der Waals surface area contributed by atoms with Gasteiger partial charge in [-0.05, 0) is 26.1 Å². The molecule has 0 aliphatic carbocycles. The van der Waals surface area contributed by atoms with Gasteiger partial charge in [0, 0.05) is 31.9 Å². The molecule has 5 heteroatoms. The molecule has 17 heavy (non-hydrogen) atoms. The van der Waals surface area contributed by atoms with Crippen LogP contribution in [0.4, 0.5) is 5.82 Å². The molecule has 5 nitrogen and oxygen atoms in total. The molecular formula is C12H17N3O2. The molecule has 2 heterocycles. The van der Waals surface area contributed by atoms with E-state index in [1.165, 1.54) is 0 Å². The van der Waals surface area contributed by atoms with Crippen molar-refractivity contribution in [2.24, 2.45) is 0 Å². The number of hydrogen-bond donors (Lipinski definition) is 1. The monoisotopic (exact) mass is 235 g/mol. The highest BCUT2D eigenvalue weighted by Crippen LogP contribution is 2.19. The second-order valence-electron chi connectivity index (χ2n) is 4.42. The van der Waals surface area contributed by atoms with Gasteiger partial charge < -0.3 is 14.9 Å². The van der Waals surface area contributed by atoms with Crippen molar-refractivity contribution in [2.45, 2.75) is 6.92 Å². The molecule has 1 aromatic heterocycles. The Morgan fingerprint density at radius 3 is 2.53 bits per heavy atom. The average Bonchev–Trinajstić information content (AvgIpc) is 2.29. The van der Waals surface area contributed by atoms with E-state index in [4.69, 9.17) is 5.11 Å². The first kappa shape index (κ1) is 11.9. The molecule has 0 unspecified atom stereocenters. The lowest BCUT2D eigenvalue weighted by Gasteiger charge is -2.33. The highest BCUT2D eigenvalue weighted by Gasteiger charge is 2.21. The van der Waals surface area contributed by atoms with Crippen LogP contribution in [0.3, 0.4) is 0 Å². The van der Waals surface area contributed by atoms with Gasteiger partial charge in [-0.2, -0.15) is 0 Å². The Bertz CT molecular complexity index is 426. The van der Waals surface area contributed by atoms with Gasteiger partial charge in [-0.3, -0.25) is 0 Å². The van der Waals surface area contributed by atoms with Crippen molar-refractivity contribution >= 4 is 11.8 Å². The van der Waals surface area contributed by atoms with E-state index in [1.54, 1.807) is 12.1 Å². The molecule has 2 rings (SSSR count). The Labute approximate surface area is 101 Å². The van der Waals surface area contributed by atoms with Gasteiger partial charge in [-0.1, -0.05) is 0 Å². The van der Waals surface area contributed by atoms with Gasteiger partial charge in [0.1, 0.15) is 11.4 Å². The minimum atomic E-state index is -0.911. The fourth-order valence-electron chi connectivity index (χ4n) is 1.97. The first-order valence-electron chi connectivity index (χ1n) is 5.72. The number of pyridine rings is 1. The molecule has 1 aliphatic rings. The summed E-state index contributed by atoms with van der Waals surface area (Å²) in [7, 11) is 2.07. The van der Waals surface area contributed by atoms with Crippen LogP contribution in [0, 0.1) is 6.92 Å². The van der Waals surface area contributed by atoms with Crippen LogP contribution in [0.25, 0.3) is 0 Å². The highest BCUT2D eigenvalue weighted by atomic mass is 16.4. The number of nitrogens with zero attached hydrogens (tertiary/aromatic N) is 3. The second-order valence-corrected chi connectivity index (χ2v) is 4.42. The maximum atomic E-state index is 11.2. The van der Waals surface area contributed by atoms with Gasteiger partial charge in [0.15, 0.2) is 0 Å². The molecule has 0 spiro atoms. The van der Waals surface area contributed by atoms with Crippen LogP contribution in [0.2, 0.25) is 0 Å². The third kappa shape index (κ3) is 2.55. The van der Waals surface area contributed by atoms with E-state index < -0.39 is 5.97 Å². The van der Waals surface area contributed by atoms with E-state index in [1.807, 2.05) is 6.92 Å². The zero-order valence-electron chi connectivity index (χ0n) is 10.2. The number of likely N-dealkylation sites (N-methyl/N-ethyl adjacent to an activating group) is 1. The fourth-order valence-corrected chi connectivity index (χ4v) is 1.97. The quantitative estimate of drug-likeness (QED) is 0.823. The number of carbonyl (C=O) groups is 1. The molecule has 92 valence electrons. The molecule has 1 fully saturated rings. The maximum Gasteiger partial charge on any atom is 0.339 e. The van der Waals surface area contributed by atoms with E-state index in [2.05, 4.69) is 21.8 Å². The lowest BCUT2D eigenvalue weighted by atomic mass is 10.2. The SMILES string of the molecule is Cc1ccc(C(=O)O)c(N2CCN(C)CC2)n1. The molecular weight excluding hydrogens is 218 g/mol. The Kier molecular flexibility index (Phi) is 3.28. The van der Waals surface area contributed by atoms with Crippen molar-refractivity contribution in [1.82, 2.24) is 9.88 Å². The lowest BCUT2D eigenvalue weighted by Crippen LogP contribution is -2.45. The standard InChI is InChI=1S/C12H17N3O2/c1-9-3-4-10(12(16)17)11(13-9)15-7-5-14(2)6-8-15/h3-4H,5-8H2,1-2H3,(H,16,17). The van der Waals surface area contributed by atoms with Crippen molar-refractivity contribution in [1.29, 1.82) is 0 Å². The number of aryl methyl sites for hydroxylation is 1. The Morgan fingerprint density at radius 1 is 1.29 bits per heavy atom. The van der Waals surface area contributed by atoms with Crippen molar-refractivity contribution in [3.63, 3.8) is 0 Å². The van der Waals surface area contributed by atoms with Gasteiger partial charge >= 0.3 is 5.97 Å². The molecule has 0 amide bonds. The summed E-state index contributed by atoms with van der Waals surface area (Å²) in [5.41, 5.74) is 1.14. The topological polar surface area (TPSA) is 56.7 Å². The van der Waals surface area contributed by atoms with Crippen LogP contribution in [-0.4, -0.2) is 54.2 Å². The zero-order valence-corrected chi connectivity index (χ0v) is 10.2. The van der Waals surface area contributed by atoms with E-state index in [-0.39, 0.29) is 0 Å². The molecule has 1 aromatic rings. The van der Waals surface area contributed by atoms with Crippen molar-refractivity contribution < 1.29 is 9.90 Å². The van der Waals surface area contributed by atoms with Crippen molar-refractivity contribution in [3.8, 4) is 0 Å². The van der Waals surface area contributed by atoms with Gasteiger partial charge in [-0.25, -0.2) is 9.78 Å². The first-order chi connectivity index (χ1) is 8.08. The van der Waals surface area contributed by atoms with Crippen LogP contribution < -0.4 is 4.90 Å². The van der Waals surface area contributed by atoms with Gasteiger partial charge in [0.05, 0.1) is 0 Å². The van der Waals surface area contributed by atoms with Gasteiger partial charge in [0.25, 0.3) is 0 Å². The summed E-state index contributed by atoms with van der Waals surface area (Å²) in [6, 6.07) is 3.38. The van der Waals surface area contributed by atoms with Crippen molar-refractivity contribution in [2.75, 3.05) is 38.1 Å². The number of carboxylic acid groups (broad SMARTS) is 1. The molecule has 0 bridgehead atoms. The van der Waals surface area contributed by atoms with Crippen LogP contribution in [0.1, 0.15) is 16.1 Å². The van der Waals surface area contributed by atoms with Crippen LogP contribution >= 0.6 is 0 Å². The van der Waals surface area contributed by atoms with E-state index in [0.29, 0.717) is 11.4 Å². The molecule has 1 N–H and O–H groups in total. The highest BCUT2D eigenvalue weighted by molar-refractivity contribution is 5.93. The minimum absolute atomic E-state index is 0.292. The number of aromatic nitrogens is 1. The van der Waals surface area contributed by atoms with E-state index in [0.717, 1.165) is 31.9 Å². The number of rotatable bonds is 2. The summed E-state index contributed by atoms with van der Waals surface area (Å²) < 4.78 is 0. The van der Waals surface area contributed by atoms with Crippen LogP contribution in [-0.2, 0) is 0 Å². The van der Waals surface area contributed by atoms with Crippen LogP contribution in [0.15, 0.2) is 12.1 Å². The maximum absolute atomic E-state index is 11.2. The molecule has 0 saturated carbocycles. The molecule has 0 radical (unpaired) electrons. The molecule has 0 atom stereocenters. The Hall–Kier alpha value is -1.62. The lowest BCUT2D eigenvalue weighted by molar-refractivity contribution is 0.0697. The summed E-state index contributed by atoms with van der Waals surface area (Å²) in [4.78, 5) is 19.8. The normalized spacial score (nSPS) is 17.2. The predicted octanol–water partition coefficient (Wildman–Crippen LogP) is 0.840. The first-order valence-corrected chi connectivity index (χ1v) is 5.72. The molecule has 1 saturated heterocycles. The van der Waals surface area contributed by atoms with Gasteiger partial charge in [0.2, 0.25) is 0 Å². The largest absolute Gasteiger partial charge is 0.478 e. The fraction of sp³-hybridized carbons (Fsp3) is 0.500. The smallest absolute Gasteiger partial charge is 0.339 e. The number of anilines is 1. The summed E-state index contributed by atoms with van der Waals surface area (Å²) >= 11 is 0. The van der Waals surface area contributed by atoms with E-state index in [9.17, 15) is 4.79 Å². The predicted molar refractivity (Wildman–Crippen MR) is 65.6 cm³/mol. The van der Waals surface area contributed by atoms with Crippen molar-refractivity contribution in [3.05, 3.63) is 23.4 Å². The molecule has 1 aliphatic heterocycles. The number of hydrogen-bond acceptors (Lipinski definition) is 4. The number of carboxylic acids is 1. The summed E-state index contributed by atoms with van der Waals surface area (Å²) in [5.74, 6) is -0.308. The molecule has 0 aromatic carbocycles.